The summed E-state index contributed by atoms with van der Waals surface area (Å²) in [6.45, 7) is -0.489. The molecule has 3 amide bonds. The molecule has 7 rings (SSSR count). The number of non-ortho nitro benzene ring substituents is 1. The molecule has 1 saturated carbocycles. The fraction of sp³-hybridized carbons (Fsp3) is 0.250. The number of phenolic OH excluding ortho intramolecular Hbond substituents is 1. The molecule has 0 radical (unpaired) electrons. The molecule has 1 heterocycles. The predicted molar refractivity (Wildman–Crippen MR) is 177 cm³/mol. The minimum Gasteiger partial charge on any atom is -0.508 e. The third-order valence-electron chi connectivity index (χ3n) is 10.4. The van der Waals surface area contributed by atoms with Crippen molar-refractivity contribution in [3.05, 3.63) is 109 Å². The van der Waals surface area contributed by atoms with Crippen molar-refractivity contribution in [3.63, 3.8) is 0 Å². The molecule has 15 nitrogen and oxygen atoms in total. The standard InChI is InChI=1S/C36H30N4O11/c1-38(2)27-23-13-16-11-22-21(15-6-5-7-18(10-15)40(50)51)12-17(14-39-34(47)19-8-3-4-9-20(19)35(39)48)28(41)25(22)29(42)24(16)31(44)36(23,49)32(45)26(30(27)43)33(37)46/h3-10,12,16,23,27,41-42,45,49H,11,13-14H2,1-2H3,(H2,37,46). The second-order valence-corrected chi connectivity index (χ2v) is 13.3. The van der Waals surface area contributed by atoms with Crippen molar-refractivity contribution in [1.29, 1.82) is 0 Å². The number of nitrogens with zero attached hydrogens (tertiary/aromatic N) is 3. The smallest absolute Gasteiger partial charge is 0.270 e. The van der Waals surface area contributed by atoms with Crippen LogP contribution < -0.4 is 5.73 Å². The number of primary amides is 1. The third kappa shape index (κ3) is 4.62. The number of imide groups is 1. The Morgan fingerprint density at radius 3 is 2.24 bits per heavy atom. The summed E-state index contributed by atoms with van der Waals surface area (Å²) in [6.07, 6.45) is -0.259. The Labute approximate surface area is 288 Å². The average Bonchev–Trinajstić information content (AvgIpc) is 3.32. The Balaban J connectivity index is 1.44. The van der Waals surface area contributed by atoms with Gasteiger partial charge in [-0.1, -0.05) is 24.3 Å². The molecule has 6 N–H and O–H groups in total. The van der Waals surface area contributed by atoms with Crippen LogP contribution in [0.5, 0.6) is 5.75 Å². The number of fused-ring (bicyclic) bond motifs is 4. The largest absolute Gasteiger partial charge is 0.508 e. The summed E-state index contributed by atoms with van der Waals surface area (Å²) in [5, 5.41) is 58.5. The number of carbonyl (C=O) groups is 5. The van der Waals surface area contributed by atoms with Gasteiger partial charge in [-0.3, -0.25) is 43.9 Å². The lowest BCUT2D eigenvalue weighted by Gasteiger charge is -2.50. The van der Waals surface area contributed by atoms with E-state index in [0.717, 1.165) is 4.90 Å². The molecule has 4 aliphatic rings. The highest BCUT2D eigenvalue weighted by Crippen LogP contribution is 2.54. The molecule has 0 bridgehead atoms. The summed E-state index contributed by atoms with van der Waals surface area (Å²) < 4.78 is 0. The van der Waals surface area contributed by atoms with E-state index < -0.39 is 92.6 Å². The number of Topliss-reactive ketones (excluding diaryl/α,β-unsaturated/α-hetero) is 2. The van der Waals surface area contributed by atoms with Crippen molar-refractivity contribution in [1.82, 2.24) is 9.80 Å². The number of carbonyl (C=O) groups excluding carboxylic acids is 5. The molecule has 0 spiro atoms. The van der Waals surface area contributed by atoms with Gasteiger partial charge in [0.05, 0.1) is 34.2 Å². The molecule has 3 aromatic rings. The monoisotopic (exact) mass is 694 g/mol. The minimum atomic E-state index is -2.86. The van der Waals surface area contributed by atoms with E-state index in [0.29, 0.717) is 0 Å². The first-order valence-electron chi connectivity index (χ1n) is 15.8. The van der Waals surface area contributed by atoms with Crippen LogP contribution in [-0.4, -0.2) is 90.2 Å². The van der Waals surface area contributed by atoms with Gasteiger partial charge in [-0.15, -0.1) is 0 Å². The van der Waals surface area contributed by atoms with Crippen molar-refractivity contribution < 1.29 is 49.3 Å². The molecule has 3 aliphatic carbocycles. The highest BCUT2D eigenvalue weighted by atomic mass is 16.6. The second-order valence-electron chi connectivity index (χ2n) is 13.3. The Hall–Kier alpha value is -6.19. The number of nitrogens with two attached hydrogens (primary N) is 1. The average molecular weight is 695 g/mol. The summed E-state index contributed by atoms with van der Waals surface area (Å²) >= 11 is 0. The van der Waals surface area contributed by atoms with Gasteiger partial charge in [0.1, 0.15) is 22.8 Å². The lowest BCUT2D eigenvalue weighted by atomic mass is 9.57. The number of rotatable bonds is 6. The van der Waals surface area contributed by atoms with E-state index in [1.807, 2.05) is 0 Å². The fourth-order valence-electron chi connectivity index (χ4n) is 8.09. The summed E-state index contributed by atoms with van der Waals surface area (Å²) in [6, 6.07) is 11.8. The SMILES string of the molecule is CN(C)C1C(=O)C(C(N)=O)=C(O)C2(O)C(=O)C3=C(O)c4c(O)c(CN5C(=O)c6ccccc6C5=O)cc(-c5cccc([N+](=O)[O-])c5)c4CC3CC12. The normalized spacial score (nSPS) is 24.1. The van der Waals surface area contributed by atoms with Crippen molar-refractivity contribution in [2.24, 2.45) is 17.6 Å². The van der Waals surface area contributed by atoms with Crippen molar-refractivity contribution in [2.45, 2.75) is 31.0 Å². The van der Waals surface area contributed by atoms with Gasteiger partial charge in [-0.05, 0) is 67.7 Å². The summed E-state index contributed by atoms with van der Waals surface area (Å²) in [7, 11) is 2.98. The zero-order valence-corrected chi connectivity index (χ0v) is 27.1. The molecule has 0 saturated heterocycles. The number of aliphatic hydroxyl groups is 3. The first-order chi connectivity index (χ1) is 24.1. The topological polar surface area (TPSA) is 242 Å². The predicted octanol–water partition coefficient (Wildman–Crippen LogP) is 2.34. The van der Waals surface area contributed by atoms with E-state index in [2.05, 4.69) is 0 Å². The van der Waals surface area contributed by atoms with Crippen LogP contribution in [0.15, 0.2) is 71.5 Å². The minimum absolute atomic E-state index is 0.0510. The zero-order chi connectivity index (χ0) is 36.8. The molecular formula is C36H30N4O11. The third-order valence-corrected chi connectivity index (χ3v) is 10.4. The van der Waals surface area contributed by atoms with Gasteiger partial charge in [0.25, 0.3) is 23.4 Å². The highest BCUT2D eigenvalue weighted by Gasteiger charge is 2.64. The van der Waals surface area contributed by atoms with Crippen LogP contribution in [0, 0.1) is 22.0 Å². The van der Waals surface area contributed by atoms with E-state index >= 15 is 0 Å². The lowest BCUT2D eigenvalue weighted by molar-refractivity contribution is -0.384. The van der Waals surface area contributed by atoms with Crippen LogP contribution in [0.1, 0.15) is 43.8 Å². The fourth-order valence-corrected chi connectivity index (χ4v) is 8.09. The number of hydrogen-bond acceptors (Lipinski definition) is 12. The first kappa shape index (κ1) is 33.3. The van der Waals surface area contributed by atoms with Crippen molar-refractivity contribution in [2.75, 3.05) is 14.1 Å². The highest BCUT2D eigenvalue weighted by molar-refractivity contribution is 6.24. The van der Waals surface area contributed by atoms with Gasteiger partial charge in [-0.25, -0.2) is 0 Å². The molecule has 0 aromatic heterocycles. The summed E-state index contributed by atoms with van der Waals surface area (Å²) in [4.78, 5) is 80.1. The summed E-state index contributed by atoms with van der Waals surface area (Å²) in [5.74, 6) is -9.61. The maximum absolute atomic E-state index is 14.4. The molecule has 1 fully saturated rings. The van der Waals surface area contributed by atoms with Crippen molar-refractivity contribution >= 4 is 40.7 Å². The van der Waals surface area contributed by atoms with E-state index in [4.69, 9.17) is 5.73 Å². The van der Waals surface area contributed by atoms with Crippen LogP contribution in [0.2, 0.25) is 0 Å². The van der Waals surface area contributed by atoms with Gasteiger partial charge in [0.2, 0.25) is 5.78 Å². The van der Waals surface area contributed by atoms with Crippen LogP contribution in [0.3, 0.4) is 0 Å². The molecule has 51 heavy (non-hydrogen) atoms. The van der Waals surface area contributed by atoms with Gasteiger partial charge in [-0.2, -0.15) is 0 Å². The summed E-state index contributed by atoms with van der Waals surface area (Å²) in [5.41, 5.74) is 1.69. The zero-order valence-electron chi connectivity index (χ0n) is 27.1. The Morgan fingerprint density at radius 1 is 1.00 bits per heavy atom. The molecule has 4 atom stereocenters. The number of phenols is 1. The van der Waals surface area contributed by atoms with Crippen LogP contribution in [0.4, 0.5) is 5.69 Å². The Kier molecular flexibility index (Phi) is 7.47. The maximum Gasteiger partial charge on any atom is 0.270 e. The van der Waals surface area contributed by atoms with E-state index in [9.17, 15) is 54.5 Å². The number of nitro groups is 1. The molecule has 4 unspecified atom stereocenters. The van der Waals surface area contributed by atoms with E-state index in [1.165, 1.54) is 55.4 Å². The number of aliphatic hydroxyl groups excluding tert-OH is 2. The number of amides is 3. The van der Waals surface area contributed by atoms with E-state index in [-0.39, 0.29) is 57.5 Å². The second kappa shape index (κ2) is 11.4. The number of aromatic hydroxyl groups is 1. The molecule has 3 aromatic carbocycles. The van der Waals surface area contributed by atoms with E-state index in [1.54, 1.807) is 18.2 Å². The maximum atomic E-state index is 14.4. The Bertz CT molecular complexity index is 2200. The molecule has 1 aliphatic heterocycles. The molecule has 260 valence electrons. The lowest BCUT2D eigenvalue weighted by Crippen LogP contribution is -2.65. The van der Waals surface area contributed by atoms with Crippen LogP contribution in [0.25, 0.3) is 16.9 Å². The number of hydrogen-bond donors (Lipinski definition) is 5. The number of nitro benzene ring substituents is 1. The molecule has 15 heteroatoms. The number of likely N-dealkylation sites (N-methyl/N-ethyl adjacent to an activating group) is 1. The quantitative estimate of drug-likeness (QED) is 0.108. The van der Waals surface area contributed by atoms with Gasteiger partial charge in [0.15, 0.2) is 11.4 Å². The van der Waals surface area contributed by atoms with Gasteiger partial charge < -0.3 is 26.2 Å². The Morgan fingerprint density at radius 2 is 1.65 bits per heavy atom. The van der Waals surface area contributed by atoms with Crippen LogP contribution >= 0.6 is 0 Å². The van der Waals surface area contributed by atoms with Gasteiger partial charge >= 0.3 is 0 Å². The van der Waals surface area contributed by atoms with Gasteiger partial charge in [0, 0.05) is 29.2 Å². The molecular weight excluding hydrogens is 664 g/mol. The van der Waals surface area contributed by atoms with Crippen molar-refractivity contribution in [3.8, 4) is 16.9 Å². The first-order valence-corrected chi connectivity index (χ1v) is 15.8. The van der Waals surface area contributed by atoms with Crippen LogP contribution in [-0.2, 0) is 27.3 Å². The number of ketones is 2. The number of benzene rings is 3.